The molecule has 38 heavy (non-hydrogen) atoms. The lowest BCUT2D eigenvalue weighted by Gasteiger charge is -2.08. The summed E-state index contributed by atoms with van der Waals surface area (Å²) >= 11 is 0. The summed E-state index contributed by atoms with van der Waals surface area (Å²) in [4.78, 5) is 9.84. The molecule has 0 saturated heterocycles. The van der Waals surface area contributed by atoms with Crippen LogP contribution in [0, 0.1) is 45.3 Å². The summed E-state index contributed by atoms with van der Waals surface area (Å²) in [5.41, 5.74) is 6.13. The highest BCUT2D eigenvalue weighted by molar-refractivity contribution is 6.08. The van der Waals surface area contributed by atoms with Gasteiger partial charge in [0.25, 0.3) is 0 Å². The first kappa shape index (κ1) is 21.1. The number of nitriles is 4. The highest BCUT2D eigenvalue weighted by Crippen LogP contribution is 2.32. The number of benzene rings is 4. The minimum absolute atomic E-state index is 0.244. The Morgan fingerprint density at radius 3 is 1.24 bits per heavy atom. The Balaban J connectivity index is 1.90. The van der Waals surface area contributed by atoms with Crippen molar-refractivity contribution < 1.29 is 0 Å². The zero-order chi connectivity index (χ0) is 26.0. The SMILES string of the molecule is N#Cc1cc2nc3c4nc5cc(C#N)c(C#N)cc5n4c4ccccc4c4ccccc4n3c2cc1C#N. The van der Waals surface area contributed by atoms with E-state index >= 15 is 0 Å². The Morgan fingerprint density at radius 1 is 0.474 bits per heavy atom. The number of hydrogen-bond donors (Lipinski definition) is 0. The normalized spacial score (nSPS) is 11.1. The van der Waals surface area contributed by atoms with Crippen LogP contribution in [0.1, 0.15) is 22.3 Å². The number of nitrogens with zero attached hydrogens (tertiary/aromatic N) is 8. The van der Waals surface area contributed by atoms with E-state index in [4.69, 9.17) is 9.97 Å². The number of fused-ring (bicyclic) bond motifs is 12. The zero-order valence-corrected chi connectivity index (χ0v) is 19.5. The summed E-state index contributed by atoms with van der Waals surface area (Å²) in [6.45, 7) is 0. The van der Waals surface area contributed by atoms with Crippen LogP contribution < -0.4 is 0 Å². The molecule has 4 aromatic carbocycles. The second kappa shape index (κ2) is 7.64. The maximum Gasteiger partial charge on any atom is 0.182 e. The molecule has 0 aliphatic carbocycles. The van der Waals surface area contributed by atoms with E-state index in [9.17, 15) is 21.0 Å². The number of rotatable bonds is 0. The summed E-state index contributed by atoms with van der Waals surface area (Å²) in [5.74, 6) is 0. The van der Waals surface area contributed by atoms with Gasteiger partial charge in [-0.15, -0.1) is 0 Å². The molecule has 0 saturated carbocycles. The Kier molecular flexibility index (Phi) is 4.24. The largest absolute Gasteiger partial charge is 0.289 e. The molecule has 172 valence electrons. The molecule has 0 aliphatic heterocycles. The summed E-state index contributed by atoms with van der Waals surface area (Å²) in [6, 6.07) is 30.9. The first-order valence-corrected chi connectivity index (χ1v) is 11.6. The van der Waals surface area contributed by atoms with E-state index in [0.717, 1.165) is 21.8 Å². The maximum atomic E-state index is 9.73. The van der Waals surface area contributed by atoms with Gasteiger partial charge in [-0.3, -0.25) is 8.80 Å². The van der Waals surface area contributed by atoms with Crippen molar-refractivity contribution in [1.82, 2.24) is 18.8 Å². The van der Waals surface area contributed by atoms with Crippen LogP contribution >= 0.6 is 0 Å². The van der Waals surface area contributed by atoms with E-state index in [1.165, 1.54) is 0 Å². The van der Waals surface area contributed by atoms with Crippen LogP contribution in [0.4, 0.5) is 0 Å². The Bertz CT molecular complexity index is 2230. The fourth-order valence-corrected chi connectivity index (χ4v) is 5.20. The van der Waals surface area contributed by atoms with Crippen LogP contribution in [0.5, 0.6) is 0 Å². The van der Waals surface area contributed by atoms with Gasteiger partial charge < -0.3 is 0 Å². The molecule has 0 N–H and O–H groups in total. The van der Waals surface area contributed by atoms with Gasteiger partial charge in [-0.25, -0.2) is 9.97 Å². The molecule has 0 spiro atoms. The minimum Gasteiger partial charge on any atom is -0.289 e. The van der Waals surface area contributed by atoms with Crippen molar-refractivity contribution in [2.75, 3.05) is 0 Å². The molecule has 3 aromatic heterocycles. The van der Waals surface area contributed by atoms with Gasteiger partial charge in [-0.05, 0) is 36.4 Å². The van der Waals surface area contributed by atoms with Crippen LogP contribution in [0.15, 0.2) is 72.8 Å². The summed E-state index contributed by atoms with van der Waals surface area (Å²) < 4.78 is 3.91. The average Bonchev–Trinajstić information content (AvgIpc) is 3.51. The lowest BCUT2D eigenvalue weighted by atomic mass is 10.1. The van der Waals surface area contributed by atoms with E-state index in [0.29, 0.717) is 33.4 Å². The van der Waals surface area contributed by atoms with E-state index in [-0.39, 0.29) is 22.3 Å². The smallest absolute Gasteiger partial charge is 0.182 e. The van der Waals surface area contributed by atoms with E-state index in [2.05, 4.69) is 24.3 Å². The van der Waals surface area contributed by atoms with Gasteiger partial charge in [-0.1, -0.05) is 36.4 Å². The molecule has 0 fully saturated rings. The Labute approximate surface area is 214 Å². The predicted octanol–water partition coefficient (Wildman–Crippen LogP) is 5.64. The van der Waals surface area contributed by atoms with Crippen molar-refractivity contribution in [1.29, 1.82) is 21.0 Å². The Hall–Kier alpha value is -6.22. The highest BCUT2D eigenvalue weighted by Gasteiger charge is 2.19. The third kappa shape index (κ3) is 2.69. The molecule has 0 bridgehead atoms. The number of aromatic nitrogens is 4. The van der Waals surface area contributed by atoms with E-state index < -0.39 is 0 Å². The molecule has 7 aromatic rings. The third-order valence-electron chi connectivity index (χ3n) is 6.85. The first-order valence-electron chi connectivity index (χ1n) is 11.6. The number of para-hydroxylation sites is 2. The lowest BCUT2D eigenvalue weighted by Crippen LogP contribution is -1.94. The maximum absolute atomic E-state index is 9.73. The van der Waals surface area contributed by atoms with Gasteiger partial charge in [0.1, 0.15) is 24.3 Å². The van der Waals surface area contributed by atoms with Gasteiger partial charge in [0.05, 0.1) is 55.4 Å². The van der Waals surface area contributed by atoms with Gasteiger partial charge in [-0.2, -0.15) is 21.0 Å². The number of hydrogen-bond acceptors (Lipinski definition) is 6. The minimum atomic E-state index is 0.244. The molecule has 3 heterocycles. The molecular formula is C30H12N8. The van der Waals surface area contributed by atoms with Crippen LogP contribution in [0.2, 0.25) is 0 Å². The van der Waals surface area contributed by atoms with E-state index in [1.54, 1.807) is 24.3 Å². The van der Waals surface area contributed by atoms with Crippen LogP contribution in [0.3, 0.4) is 0 Å². The van der Waals surface area contributed by atoms with Crippen molar-refractivity contribution in [3.05, 3.63) is 95.1 Å². The summed E-state index contributed by atoms with van der Waals surface area (Å²) in [7, 11) is 0. The molecular weight excluding hydrogens is 472 g/mol. The molecule has 0 atom stereocenters. The third-order valence-corrected chi connectivity index (χ3v) is 6.85. The Morgan fingerprint density at radius 2 is 0.842 bits per heavy atom. The van der Waals surface area contributed by atoms with Crippen LogP contribution in [-0.4, -0.2) is 18.8 Å². The molecule has 0 aliphatic rings. The summed E-state index contributed by atoms with van der Waals surface area (Å²) in [6.07, 6.45) is 0. The van der Waals surface area contributed by atoms with Crippen molar-refractivity contribution in [3.63, 3.8) is 0 Å². The van der Waals surface area contributed by atoms with Gasteiger partial charge in [0.2, 0.25) is 0 Å². The van der Waals surface area contributed by atoms with Crippen LogP contribution in [0.25, 0.3) is 55.2 Å². The van der Waals surface area contributed by atoms with Gasteiger partial charge in [0.15, 0.2) is 11.3 Å². The molecule has 0 amide bonds. The molecule has 0 radical (unpaired) electrons. The average molecular weight is 484 g/mol. The monoisotopic (exact) mass is 484 g/mol. The highest BCUT2D eigenvalue weighted by atomic mass is 15.1. The molecule has 8 heteroatoms. The van der Waals surface area contributed by atoms with Gasteiger partial charge >= 0.3 is 0 Å². The van der Waals surface area contributed by atoms with Crippen LogP contribution in [-0.2, 0) is 0 Å². The van der Waals surface area contributed by atoms with Crippen molar-refractivity contribution in [2.24, 2.45) is 0 Å². The molecule has 7 rings (SSSR count). The molecule has 8 nitrogen and oxygen atoms in total. The predicted molar refractivity (Wildman–Crippen MR) is 142 cm³/mol. The fraction of sp³-hybridized carbons (Fsp3) is 0. The lowest BCUT2D eigenvalue weighted by molar-refractivity contribution is 1.24. The van der Waals surface area contributed by atoms with E-state index in [1.807, 2.05) is 57.3 Å². The number of imidazole rings is 2. The second-order valence-electron chi connectivity index (χ2n) is 8.80. The fourth-order valence-electron chi connectivity index (χ4n) is 5.20. The first-order chi connectivity index (χ1) is 18.7. The zero-order valence-electron chi connectivity index (χ0n) is 19.5. The standard InChI is InChI=1S/C30H12N8/c31-13-17-9-23-27(11-19(17)15-33)37-25-7-3-1-5-21(25)22-6-2-4-8-26(22)38-28-12-20(16-34)18(14-32)10-24(28)36-30(38)29(37)35-23/h1-12H. The summed E-state index contributed by atoms with van der Waals surface area (Å²) in [5, 5.41) is 40.6. The van der Waals surface area contributed by atoms with Crippen molar-refractivity contribution in [3.8, 4) is 24.3 Å². The second-order valence-corrected chi connectivity index (χ2v) is 8.80. The topological polar surface area (TPSA) is 130 Å². The quantitative estimate of drug-likeness (QED) is 0.274. The van der Waals surface area contributed by atoms with Crippen molar-refractivity contribution >= 4 is 55.2 Å². The van der Waals surface area contributed by atoms with Crippen molar-refractivity contribution in [2.45, 2.75) is 0 Å². The molecule has 0 unspecified atom stereocenters. The van der Waals surface area contributed by atoms with Gasteiger partial charge in [0, 0.05) is 10.8 Å².